The molecule has 0 bridgehead atoms. The second-order valence-corrected chi connectivity index (χ2v) is 8.38. The number of hydrogen-bond acceptors (Lipinski definition) is 3. The average Bonchev–Trinajstić information content (AvgIpc) is 3.59. The van der Waals surface area contributed by atoms with Gasteiger partial charge in [0, 0.05) is 42.5 Å². The van der Waals surface area contributed by atoms with Crippen LogP contribution >= 0.6 is 0 Å². The molecule has 5 nitrogen and oxygen atoms in total. The Hall–Kier alpha value is -3.18. The van der Waals surface area contributed by atoms with E-state index < -0.39 is 0 Å². The molecule has 2 aromatic carbocycles. The first-order valence-electron chi connectivity index (χ1n) is 11.2. The third-order valence-corrected chi connectivity index (χ3v) is 6.35. The number of carbonyl (C=O) groups excluding carboxylic acids is 1. The van der Waals surface area contributed by atoms with E-state index in [4.69, 9.17) is 5.10 Å². The molecule has 158 valence electrons. The van der Waals surface area contributed by atoms with E-state index in [0.29, 0.717) is 6.04 Å². The van der Waals surface area contributed by atoms with Gasteiger partial charge in [-0.2, -0.15) is 5.10 Å². The predicted octanol–water partition coefficient (Wildman–Crippen LogP) is 4.25. The van der Waals surface area contributed by atoms with Crippen molar-refractivity contribution in [1.82, 2.24) is 19.6 Å². The van der Waals surface area contributed by atoms with Crippen LogP contribution in [-0.2, 0) is 4.79 Å². The normalized spacial score (nSPS) is 19.5. The van der Waals surface area contributed by atoms with Crippen molar-refractivity contribution in [1.29, 1.82) is 0 Å². The summed E-state index contributed by atoms with van der Waals surface area (Å²) >= 11 is 0. The van der Waals surface area contributed by atoms with E-state index in [1.165, 1.54) is 25.9 Å². The molecular formula is C26H28N4O. The number of carbonyl (C=O) groups is 1. The van der Waals surface area contributed by atoms with Crippen molar-refractivity contribution in [2.45, 2.75) is 25.3 Å². The van der Waals surface area contributed by atoms with Gasteiger partial charge in [0.1, 0.15) is 0 Å². The first-order chi connectivity index (χ1) is 15.3. The Bertz CT molecular complexity index is 1050. The summed E-state index contributed by atoms with van der Waals surface area (Å²) in [7, 11) is 0. The van der Waals surface area contributed by atoms with Gasteiger partial charge in [-0.25, -0.2) is 4.68 Å². The van der Waals surface area contributed by atoms with Crippen LogP contribution in [0.15, 0.2) is 72.9 Å². The van der Waals surface area contributed by atoms with E-state index in [1.807, 2.05) is 70.4 Å². The van der Waals surface area contributed by atoms with Crippen molar-refractivity contribution >= 4 is 12.0 Å². The van der Waals surface area contributed by atoms with Gasteiger partial charge < -0.3 is 4.90 Å². The number of likely N-dealkylation sites (tertiary alicyclic amines) is 2. The summed E-state index contributed by atoms with van der Waals surface area (Å²) in [5.41, 5.74) is 3.86. The number of nitrogens with zero attached hydrogens (tertiary/aromatic N) is 4. The maximum atomic E-state index is 12.9. The zero-order valence-electron chi connectivity index (χ0n) is 17.7. The maximum Gasteiger partial charge on any atom is 0.246 e. The summed E-state index contributed by atoms with van der Waals surface area (Å²) in [6.45, 7) is 4.06. The van der Waals surface area contributed by atoms with E-state index in [-0.39, 0.29) is 5.91 Å². The molecule has 5 heteroatoms. The van der Waals surface area contributed by atoms with Crippen molar-refractivity contribution < 1.29 is 4.79 Å². The van der Waals surface area contributed by atoms with Crippen LogP contribution in [-0.4, -0.2) is 57.7 Å². The van der Waals surface area contributed by atoms with E-state index in [1.54, 1.807) is 6.08 Å². The van der Waals surface area contributed by atoms with Crippen LogP contribution < -0.4 is 0 Å². The van der Waals surface area contributed by atoms with E-state index >= 15 is 0 Å². The van der Waals surface area contributed by atoms with Crippen molar-refractivity contribution in [3.8, 4) is 16.9 Å². The molecule has 2 saturated heterocycles. The Balaban J connectivity index is 1.37. The lowest BCUT2D eigenvalue weighted by atomic mass is 10.1. The maximum absolute atomic E-state index is 12.9. The molecule has 2 aliphatic rings. The molecule has 5 rings (SSSR count). The Morgan fingerprint density at radius 3 is 2.39 bits per heavy atom. The van der Waals surface area contributed by atoms with E-state index in [2.05, 4.69) is 17.0 Å². The summed E-state index contributed by atoms with van der Waals surface area (Å²) in [6.07, 6.45) is 9.29. The van der Waals surface area contributed by atoms with Crippen LogP contribution in [0.3, 0.4) is 0 Å². The Morgan fingerprint density at radius 2 is 1.65 bits per heavy atom. The second-order valence-electron chi connectivity index (χ2n) is 8.38. The van der Waals surface area contributed by atoms with Crippen molar-refractivity contribution in [3.05, 3.63) is 78.5 Å². The predicted molar refractivity (Wildman–Crippen MR) is 124 cm³/mol. The molecule has 3 aromatic rings. The van der Waals surface area contributed by atoms with Gasteiger partial charge in [-0.3, -0.25) is 9.69 Å². The Labute approximate surface area is 183 Å². The van der Waals surface area contributed by atoms with Gasteiger partial charge in [0.25, 0.3) is 0 Å². The fourth-order valence-electron chi connectivity index (χ4n) is 4.66. The van der Waals surface area contributed by atoms with Crippen molar-refractivity contribution in [2.75, 3.05) is 26.2 Å². The monoisotopic (exact) mass is 412 g/mol. The van der Waals surface area contributed by atoms with Gasteiger partial charge in [-0.15, -0.1) is 0 Å². The molecule has 2 aliphatic heterocycles. The highest BCUT2D eigenvalue weighted by Gasteiger charge is 2.30. The SMILES string of the molecule is O=C(/C=C/c1cn(-c2ccccc2)nc1-c1ccccc1)N1CCC(N2CCCC2)C1. The quantitative estimate of drug-likeness (QED) is 0.589. The van der Waals surface area contributed by atoms with Crippen LogP contribution in [0.2, 0.25) is 0 Å². The highest BCUT2D eigenvalue weighted by Crippen LogP contribution is 2.25. The molecule has 0 radical (unpaired) electrons. The lowest BCUT2D eigenvalue weighted by molar-refractivity contribution is -0.125. The Morgan fingerprint density at radius 1 is 0.935 bits per heavy atom. The number of rotatable bonds is 5. The van der Waals surface area contributed by atoms with E-state index in [9.17, 15) is 4.79 Å². The van der Waals surface area contributed by atoms with E-state index in [0.717, 1.165) is 42.0 Å². The summed E-state index contributed by atoms with van der Waals surface area (Å²) in [5.74, 6) is 0.0909. The number of hydrogen-bond donors (Lipinski definition) is 0. The zero-order valence-corrected chi connectivity index (χ0v) is 17.7. The van der Waals surface area contributed by atoms with Crippen LogP contribution in [0.4, 0.5) is 0 Å². The van der Waals surface area contributed by atoms with Gasteiger partial charge in [0.15, 0.2) is 0 Å². The van der Waals surface area contributed by atoms with Gasteiger partial charge in [0.2, 0.25) is 5.91 Å². The largest absolute Gasteiger partial charge is 0.338 e. The standard InChI is InChI=1S/C26H28N4O/c31-25(29-18-15-24(20-29)28-16-7-8-17-28)14-13-22-19-30(23-11-5-2-6-12-23)27-26(22)21-9-3-1-4-10-21/h1-6,9-14,19,24H,7-8,15-18,20H2/b14-13+. The van der Waals surface area contributed by atoms with Crippen LogP contribution in [0.25, 0.3) is 23.0 Å². The number of aromatic nitrogens is 2. The third kappa shape index (κ3) is 4.32. The summed E-state index contributed by atoms with van der Waals surface area (Å²) < 4.78 is 1.88. The smallest absolute Gasteiger partial charge is 0.246 e. The number of amides is 1. The fourth-order valence-corrected chi connectivity index (χ4v) is 4.66. The van der Waals surface area contributed by atoms with Crippen LogP contribution in [0.1, 0.15) is 24.8 Å². The zero-order chi connectivity index (χ0) is 21.0. The minimum Gasteiger partial charge on any atom is -0.338 e. The molecule has 1 amide bonds. The Kier molecular flexibility index (Phi) is 5.67. The average molecular weight is 413 g/mol. The van der Waals surface area contributed by atoms with Crippen molar-refractivity contribution in [3.63, 3.8) is 0 Å². The molecule has 1 atom stereocenters. The topological polar surface area (TPSA) is 41.4 Å². The molecule has 0 aliphatic carbocycles. The minimum atomic E-state index is 0.0909. The molecule has 1 unspecified atom stereocenters. The highest BCUT2D eigenvalue weighted by molar-refractivity contribution is 5.93. The van der Waals surface area contributed by atoms with Gasteiger partial charge >= 0.3 is 0 Å². The third-order valence-electron chi connectivity index (χ3n) is 6.35. The fraction of sp³-hybridized carbons (Fsp3) is 0.308. The summed E-state index contributed by atoms with van der Waals surface area (Å²) in [5, 5.41) is 4.82. The van der Waals surface area contributed by atoms with Gasteiger partial charge in [-0.05, 0) is 50.6 Å². The molecule has 0 spiro atoms. The number of benzene rings is 2. The van der Waals surface area contributed by atoms with Crippen LogP contribution in [0.5, 0.6) is 0 Å². The van der Waals surface area contributed by atoms with Gasteiger partial charge in [0.05, 0.1) is 11.4 Å². The summed E-state index contributed by atoms with van der Waals surface area (Å²) in [6, 6.07) is 20.7. The molecule has 0 saturated carbocycles. The molecule has 1 aromatic heterocycles. The lowest BCUT2D eigenvalue weighted by Gasteiger charge is -2.23. The first-order valence-corrected chi connectivity index (χ1v) is 11.2. The number of para-hydroxylation sites is 1. The lowest BCUT2D eigenvalue weighted by Crippen LogP contribution is -2.36. The first kappa shape index (κ1) is 19.8. The van der Waals surface area contributed by atoms with Crippen molar-refractivity contribution in [2.24, 2.45) is 0 Å². The highest BCUT2D eigenvalue weighted by atomic mass is 16.2. The minimum absolute atomic E-state index is 0.0909. The molecule has 0 N–H and O–H groups in total. The molecule has 31 heavy (non-hydrogen) atoms. The van der Waals surface area contributed by atoms with Crippen LogP contribution in [0, 0.1) is 0 Å². The summed E-state index contributed by atoms with van der Waals surface area (Å²) in [4.78, 5) is 17.4. The second kappa shape index (κ2) is 8.90. The van der Waals surface area contributed by atoms with Gasteiger partial charge in [-0.1, -0.05) is 48.5 Å². The molecule has 2 fully saturated rings. The molecule has 3 heterocycles. The molecular weight excluding hydrogens is 384 g/mol.